The molecule has 0 saturated carbocycles. The van der Waals surface area contributed by atoms with Crippen LogP contribution in [0.5, 0.6) is 5.75 Å². The molecular formula is C31H37ClN4O7S. The van der Waals surface area contributed by atoms with E-state index in [1.807, 2.05) is 31.2 Å². The molecule has 0 spiro atoms. The Morgan fingerprint density at radius 3 is 2.32 bits per heavy atom. The maximum Gasteiger partial charge on any atom is 0.273 e. The molecule has 1 N–H and O–H groups in total. The molecule has 0 unspecified atom stereocenters. The van der Waals surface area contributed by atoms with E-state index in [9.17, 15) is 28.1 Å². The summed E-state index contributed by atoms with van der Waals surface area (Å²) >= 11 is 6.27. The number of aryl methyl sites for hydroxylation is 2. The number of amides is 2. The van der Waals surface area contributed by atoms with Crippen LogP contribution in [-0.4, -0.2) is 55.8 Å². The zero-order valence-electron chi connectivity index (χ0n) is 25.5. The highest BCUT2D eigenvalue weighted by Gasteiger charge is 2.36. The molecule has 0 aromatic heterocycles. The van der Waals surface area contributed by atoms with E-state index < -0.39 is 44.0 Å². The molecule has 0 fully saturated rings. The Kier molecular flexibility index (Phi) is 11.3. The number of hydrogen-bond donors (Lipinski definition) is 1. The van der Waals surface area contributed by atoms with Crippen molar-refractivity contribution in [2.45, 2.75) is 64.6 Å². The molecule has 1 atom stereocenters. The van der Waals surface area contributed by atoms with Gasteiger partial charge in [0.2, 0.25) is 11.8 Å². The first-order chi connectivity index (χ1) is 20.7. The summed E-state index contributed by atoms with van der Waals surface area (Å²) in [5.74, 6) is -0.956. The topological polar surface area (TPSA) is 139 Å². The third-order valence-electron chi connectivity index (χ3n) is 7.07. The summed E-state index contributed by atoms with van der Waals surface area (Å²) in [6.07, 6.45) is 0.258. The lowest BCUT2D eigenvalue weighted by Crippen LogP contribution is -2.53. The highest BCUT2D eigenvalue weighted by atomic mass is 35.5. The first-order valence-corrected chi connectivity index (χ1v) is 15.8. The summed E-state index contributed by atoms with van der Waals surface area (Å²) in [6, 6.07) is 14.1. The molecule has 0 aliphatic carbocycles. The molecule has 0 aliphatic heterocycles. The van der Waals surface area contributed by atoms with Crippen LogP contribution in [-0.2, 0) is 26.2 Å². The van der Waals surface area contributed by atoms with Gasteiger partial charge in [0.15, 0.2) is 0 Å². The first kappa shape index (κ1) is 34.3. The van der Waals surface area contributed by atoms with E-state index in [1.165, 1.54) is 49.3 Å². The fourth-order valence-corrected chi connectivity index (χ4v) is 6.32. The van der Waals surface area contributed by atoms with E-state index in [2.05, 4.69) is 5.32 Å². The lowest BCUT2D eigenvalue weighted by Gasteiger charge is -2.34. The lowest BCUT2D eigenvalue weighted by molar-refractivity contribution is -0.385. The second-order valence-electron chi connectivity index (χ2n) is 10.6. The zero-order chi connectivity index (χ0) is 32.8. The van der Waals surface area contributed by atoms with Crippen molar-refractivity contribution in [2.75, 3.05) is 18.0 Å². The number of hydrogen-bond acceptors (Lipinski definition) is 7. The average molecular weight is 645 g/mol. The van der Waals surface area contributed by atoms with Gasteiger partial charge in [-0.05, 0) is 69.5 Å². The van der Waals surface area contributed by atoms with Gasteiger partial charge in [-0.1, -0.05) is 48.9 Å². The predicted molar refractivity (Wildman–Crippen MR) is 169 cm³/mol. The van der Waals surface area contributed by atoms with Crippen molar-refractivity contribution < 1.29 is 27.7 Å². The van der Waals surface area contributed by atoms with Gasteiger partial charge in [-0.3, -0.25) is 24.0 Å². The molecule has 0 aliphatic rings. The molecule has 236 valence electrons. The van der Waals surface area contributed by atoms with Gasteiger partial charge in [-0.15, -0.1) is 0 Å². The number of methoxy groups -OCH3 is 1. The number of nitro groups is 1. The number of benzene rings is 3. The van der Waals surface area contributed by atoms with Gasteiger partial charge in [0.05, 0.1) is 22.6 Å². The predicted octanol–water partition coefficient (Wildman–Crippen LogP) is 5.40. The van der Waals surface area contributed by atoms with E-state index in [-0.39, 0.29) is 46.9 Å². The first-order valence-electron chi connectivity index (χ1n) is 14.0. The van der Waals surface area contributed by atoms with Crippen LogP contribution in [0.25, 0.3) is 0 Å². The fourth-order valence-electron chi connectivity index (χ4n) is 4.72. The number of ether oxygens (including phenoxy) is 1. The van der Waals surface area contributed by atoms with Crippen LogP contribution < -0.4 is 14.4 Å². The molecule has 3 aromatic rings. The number of nitrogens with one attached hydrogen (secondary N) is 1. The van der Waals surface area contributed by atoms with E-state index in [1.54, 1.807) is 20.8 Å². The smallest absolute Gasteiger partial charge is 0.273 e. The van der Waals surface area contributed by atoms with Gasteiger partial charge in [0.1, 0.15) is 18.3 Å². The number of carbonyl (C=O) groups is 2. The van der Waals surface area contributed by atoms with Crippen molar-refractivity contribution in [2.24, 2.45) is 0 Å². The highest BCUT2D eigenvalue weighted by Crippen LogP contribution is 2.36. The van der Waals surface area contributed by atoms with Crippen LogP contribution >= 0.6 is 11.6 Å². The van der Waals surface area contributed by atoms with Crippen LogP contribution in [0.2, 0.25) is 5.02 Å². The van der Waals surface area contributed by atoms with Gasteiger partial charge in [-0.2, -0.15) is 0 Å². The van der Waals surface area contributed by atoms with Crippen LogP contribution in [0.3, 0.4) is 0 Å². The second-order valence-corrected chi connectivity index (χ2v) is 12.9. The minimum absolute atomic E-state index is 0.0338. The molecule has 3 rings (SSSR count). The third kappa shape index (κ3) is 7.86. The molecule has 0 bridgehead atoms. The Balaban J connectivity index is 2.20. The molecule has 2 amide bonds. The van der Waals surface area contributed by atoms with Crippen molar-refractivity contribution in [3.8, 4) is 5.75 Å². The number of sulfonamides is 1. The Morgan fingerprint density at radius 1 is 1.05 bits per heavy atom. The molecule has 3 aromatic carbocycles. The Bertz CT molecular complexity index is 1650. The molecule has 13 heteroatoms. The summed E-state index contributed by atoms with van der Waals surface area (Å²) in [5, 5.41) is 14.7. The Labute approximate surface area is 263 Å². The lowest BCUT2D eigenvalue weighted by atomic mass is 10.1. The Hall–Kier alpha value is -4.16. The number of anilines is 1. The SMILES string of the molecule is CC[C@@H](C(=O)NC(C)C)N(Cc1ccccc1C)C(=O)CN(c1cc(Cl)ccc1OC)S(=O)(=O)c1ccc(C)c([N+](=O)[O-])c1. The largest absolute Gasteiger partial charge is 0.495 e. The molecule has 0 heterocycles. The average Bonchev–Trinajstić information content (AvgIpc) is 2.96. The van der Waals surface area contributed by atoms with Crippen LogP contribution in [0.1, 0.15) is 43.9 Å². The highest BCUT2D eigenvalue weighted by molar-refractivity contribution is 7.92. The summed E-state index contributed by atoms with van der Waals surface area (Å²) < 4.78 is 34.7. The van der Waals surface area contributed by atoms with Gasteiger partial charge in [0.25, 0.3) is 15.7 Å². The summed E-state index contributed by atoms with van der Waals surface area (Å²) in [7, 11) is -3.28. The number of nitrogens with zero attached hydrogens (tertiary/aromatic N) is 3. The van der Waals surface area contributed by atoms with Crippen molar-refractivity contribution in [1.82, 2.24) is 10.2 Å². The van der Waals surface area contributed by atoms with Crippen LogP contribution in [0, 0.1) is 24.0 Å². The number of rotatable bonds is 13. The molecule has 11 nitrogen and oxygen atoms in total. The van der Waals surface area contributed by atoms with Gasteiger partial charge >= 0.3 is 0 Å². The normalized spacial score (nSPS) is 12.0. The van der Waals surface area contributed by atoms with E-state index in [0.29, 0.717) is 0 Å². The minimum atomic E-state index is -4.62. The monoisotopic (exact) mass is 644 g/mol. The third-order valence-corrected chi connectivity index (χ3v) is 9.06. The number of nitro benzene ring substituents is 1. The molecule has 44 heavy (non-hydrogen) atoms. The van der Waals surface area contributed by atoms with Gasteiger partial charge in [-0.25, -0.2) is 8.42 Å². The van der Waals surface area contributed by atoms with Gasteiger partial charge < -0.3 is 15.0 Å². The molecular weight excluding hydrogens is 608 g/mol. The maximum absolute atomic E-state index is 14.3. The van der Waals surface area contributed by atoms with Crippen LogP contribution in [0.4, 0.5) is 11.4 Å². The molecule has 0 saturated heterocycles. The van der Waals surface area contributed by atoms with E-state index in [0.717, 1.165) is 21.5 Å². The van der Waals surface area contributed by atoms with Crippen molar-refractivity contribution in [1.29, 1.82) is 0 Å². The number of carbonyl (C=O) groups excluding carboxylic acids is 2. The van der Waals surface area contributed by atoms with E-state index >= 15 is 0 Å². The van der Waals surface area contributed by atoms with Crippen molar-refractivity contribution in [3.05, 3.63) is 92.5 Å². The molecule has 0 radical (unpaired) electrons. The van der Waals surface area contributed by atoms with Crippen molar-refractivity contribution in [3.63, 3.8) is 0 Å². The van der Waals surface area contributed by atoms with E-state index in [4.69, 9.17) is 16.3 Å². The quantitative estimate of drug-likeness (QED) is 0.194. The maximum atomic E-state index is 14.3. The number of halogens is 1. The van der Waals surface area contributed by atoms with Crippen molar-refractivity contribution >= 4 is 44.8 Å². The summed E-state index contributed by atoms with van der Waals surface area (Å²) in [6.45, 7) is 8.03. The van der Waals surface area contributed by atoms with Gasteiger partial charge in [0, 0.05) is 29.2 Å². The Morgan fingerprint density at radius 2 is 1.73 bits per heavy atom. The summed E-state index contributed by atoms with van der Waals surface area (Å²) in [4.78, 5) is 39.5. The summed E-state index contributed by atoms with van der Waals surface area (Å²) in [5.41, 5.74) is 1.49. The second kappa shape index (κ2) is 14.5. The fraction of sp³-hybridized carbons (Fsp3) is 0.355. The van der Waals surface area contributed by atoms with Crippen LogP contribution in [0.15, 0.2) is 65.6 Å². The minimum Gasteiger partial charge on any atom is -0.495 e. The standard InChI is InChI=1S/C31H37ClN4O7S/c1-7-26(31(38)33-20(2)3)34(18-23-11-9-8-10-21(23)4)30(37)19-35(28-16-24(32)13-15-29(28)43-6)44(41,42)25-14-12-22(5)27(17-25)36(39)40/h8-17,20,26H,7,18-19H2,1-6H3,(H,33,38)/t26-/m0/s1. The zero-order valence-corrected chi connectivity index (χ0v) is 27.1.